The highest BCUT2D eigenvalue weighted by Crippen LogP contribution is 2.31. The van der Waals surface area contributed by atoms with Crippen LogP contribution in [-0.4, -0.2) is 31.1 Å². The van der Waals surface area contributed by atoms with E-state index in [-0.39, 0.29) is 6.04 Å². The maximum absolute atomic E-state index is 5.08. The van der Waals surface area contributed by atoms with Crippen LogP contribution < -0.4 is 0 Å². The Kier molecular flexibility index (Phi) is 2.87. The summed E-state index contributed by atoms with van der Waals surface area (Å²) >= 11 is 0. The van der Waals surface area contributed by atoms with Gasteiger partial charge >= 0.3 is 0 Å². The van der Waals surface area contributed by atoms with Crippen molar-refractivity contribution in [1.82, 2.24) is 24.6 Å². The van der Waals surface area contributed by atoms with Gasteiger partial charge in [-0.1, -0.05) is 5.16 Å². The summed E-state index contributed by atoms with van der Waals surface area (Å²) in [7, 11) is 2.02. The lowest BCUT2D eigenvalue weighted by Gasteiger charge is -2.21. The van der Waals surface area contributed by atoms with Crippen LogP contribution in [0.25, 0.3) is 0 Å². The Morgan fingerprint density at radius 1 is 1.50 bits per heavy atom. The molecule has 1 unspecified atom stereocenters. The molecule has 2 aromatic heterocycles. The standard InChI is InChI=1S/C12H17N5O/c1-9-14-12(15-18-9)10-4-3-6-17(10)8-11-13-5-7-16(11)2/h5,7,10H,3-4,6,8H2,1-2H3. The van der Waals surface area contributed by atoms with Gasteiger partial charge in [0.2, 0.25) is 5.89 Å². The summed E-state index contributed by atoms with van der Waals surface area (Å²) in [5, 5.41) is 4.04. The van der Waals surface area contributed by atoms with Crippen LogP contribution in [0.5, 0.6) is 0 Å². The molecule has 0 aromatic carbocycles. The average Bonchev–Trinajstić information content (AvgIpc) is 3.03. The predicted octanol–water partition coefficient (Wildman–Crippen LogP) is 1.45. The van der Waals surface area contributed by atoms with E-state index >= 15 is 0 Å². The lowest BCUT2D eigenvalue weighted by Crippen LogP contribution is -2.25. The van der Waals surface area contributed by atoms with Crippen molar-refractivity contribution in [3.05, 3.63) is 29.9 Å². The molecular formula is C12H17N5O. The zero-order valence-electron chi connectivity index (χ0n) is 10.7. The fourth-order valence-corrected chi connectivity index (χ4v) is 2.49. The molecule has 3 heterocycles. The largest absolute Gasteiger partial charge is 0.340 e. The Morgan fingerprint density at radius 3 is 3.06 bits per heavy atom. The molecule has 0 amide bonds. The number of hydrogen-bond donors (Lipinski definition) is 0. The molecule has 18 heavy (non-hydrogen) atoms. The van der Waals surface area contributed by atoms with E-state index in [1.54, 1.807) is 0 Å². The second-order valence-corrected chi connectivity index (χ2v) is 4.75. The van der Waals surface area contributed by atoms with Gasteiger partial charge in [0, 0.05) is 26.4 Å². The molecule has 1 aliphatic rings. The maximum atomic E-state index is 5.08. The van der Waals surface area contributed by atoms with Gasteiger partial charge < -0.3 is 9.09 Å². The molecule has 0 N–H and O–H groups in total. The summed E-state index contributed by atoms with van der Waals surface area (Å²) < 4.78 is 7.13. The first-order valence-electron chi connectivity index (χ1n) is 6.24. The van der Waals surface area contributed by atoms with Crippen molar-refractivity contribution in [2.75, 3.05) is 6.54 Å². The highest BCUT2D eigenvalue weighted by atomic mass is 16.5. The molecule has 0 saturated carbocycles. The van der Waals surface area contributed by atoms with Crippen molar-refractivity contribution in [2.24, 2.45) is 7.05 Å². The number of aryl methyl sites for hydroxylation is 2. The van der Waals surface area contributed by atoms with E-state index in [9.17, 15) is 0 Å². The van der Waals surface area contributed by atoms with Gasteiger partial charge in [-0.25, -0.2) is 4.98 Å². The van der Waals surface area contributed by atoms with E-state index in [1.165, 1.54) is 6.42 Å². The smallest absolute Gasteiger partial charge is 0.223 e. The van der Waals surface area contributed by atoms with Crippen LogP contribution in [-0.2, 0) is 13.6 Å². The van der Waals surface area contributed by atoms with Crippen molar-refractivity contribution < 1.29 is 4.52 Å². The van der Waals surface area contributed by atoms with Crippen molar-refractivity contribution in [3.8, 4) is 0 Å². The van der Waals surface area contributed by atoms with E-state index in [4.69, 9.17) is 4.52 Å². The van der Waals surface area contributed by atoms with E-state index in [1.807, 2.05) is 26.4 Å². The lowest BCUT2D eigenvalue weighted by molar-refractivity contribution is 0.226. The summed E-state index contributed by atoms with van der Waals surface area (Å²) in [6.45, 7) is 3.72. The summed E-state index contributed by atoms with van der Waals surface area (Å²) in [6, 6.07) is 0.263. The molecule has 0 spiro atoms. The van der Waals surface area contributed by atoms with E-state index in [2.05, 4.69) is 24.6 Å². The van der Waals surface area contributed by atoms with Crippen LogP contribution in [0.4, 0.5) is 0 Å². The number of aromatic nitrogens is 4. The summed E-state index contributed by atoms with van der Waals surface area (Å²) in [4.78, 5) is 11.1. The zero-order valence-corrected chi connectivity index (χ0v) is 10.7. The van der Waals surface area contributed by atoms with Gasteiger partial charge in [-0.05, 0) is 19.4 Å². The van der Waals surface area contributed by atoms with Crippen LogP contribution in [0.3, 0.4) is 0 Å². The summed E-state index contributed by atoms with van der Waals surface area (Å²) in [5.41, 5.74) is 0. The van der Waals surface area contributed by atoms with Gasteiger partial charge in [0.25, 0.3) is 0 Å². The minimum Gasteiger partial charge on any atom is -0.340 e. The third-order valence-corrected chi connectivity index (χ3v) is 3.47. The monoisotopic (exact) mass is 247 g/mol. The second kappa shape index (κ2) is 4.53. The van der Waals surface area contributed by atoms with Crippen LogP contribution in [0.15, 0.2) is 16.9 Å². The average molecular weight is 247 g/mol. The first-order valence-corrected chi connectivity index (χ1v) is 6.24. The lowest BCUT2D eigenvalue weighted by atomic mass is 10.2. The van der Waals surface area contributed by atoms with Crippen LogP contribution in [0, 0.1) is 6.92 Å². The molecule has 1 aliphatic heterocycles. The maximum Gasteiger partial charge on any atom is 0.223 e. The number of nitrogens with zero attached hydrogens (tertiary/aromatic N) is 5. The molecule has 0 radical (unpaired) electrons. The third kappa shape index (κ3) is 2.03. The molecule has 2 aromatic rings. The predicted molar refractivity (Wildman–Crippen MR) is 64.6 cm³/mol. The minimum absolute atomic E-state index is 0.263. The zero-order chi connectivity index (χ0) is 12.5. The van der Waals surface area contributed by atoms with Gasteiger partial charge in [-0.2, -0.15) is 4.98 Å². The minimum atomic E-state index is 0.263. The first kappa shape index (κ1) is 11.4. The molecule has 1 saturated heterocycles. The van der Waals surface area contributed by atoms with Crippen LogP contribution in [0.2, 0.25) is 0 Å². The second-order valence-electron chi connectivity index (χ2n) is 4.75. The molecule has 1 atom stereocenters. The number of hydrogen-bond acceptors (Lipinski definition) is 5. The van der Waals surface area contributed by atoms with Gasteiger partial charge in [0.1, 0.15) is 5.82 Å². The molecule has 1 fully saturated rings. The molecule has 3 rings (SSSR count). The van der Waals surface area contributed by atoms with E-state index in [0.717, 1.165) is 31.2 Å². The van der Waals surface area contributed by atoms with Gasteiger partial charge in [-0.15, -0.1) is 0 Å². The quantitative estimate of drug-likeness (QED) is 0.821. The van der Waals surface area contributed by atoms with Gasteiger partial charge in [-0.3, -0.25) is 4.90 Å². The van der Waals surface area contributed by atoms with Crippen LogP contribution >= 0.6 is 0 Å². The van der Waals surface area contributed by atoms with Crippen molar-refractivity contribution >= 4 is 0 Å². The Morgan fingerprint density at radius 2 is 2.39 bits per heavy atom. The first-order chi connectivity index (χ1) is 8.74. The fraction of sp³-hybridized carbons (Fsp3) is 0.583. The number of likely N-dealkylation sites (tertiary alicyclic amines) is 1. The highest BCUT2D eigenvalue weighted by Gasteiger charge is 2.30. The van der Waals surface area contributed by atoms with E-state index in [0.29, 0.717) is 5.89 Å². The topological polar surface area (TPSA) is 60.0 Å². The Labute approximate surface area is 106 Å². The van der Waals surface area contributed by atoms with Crippen molar-refractivity contribution in [1.29, 1.82) is 0 Å². The molecule has 0 bridgehead atoms. The van der Waals surface area contributed by atoms with Gasteiger partial charge in [0.15, 0.2) is 5.82 Å². The van der Waals surface area contributed by atoms with Crippen molar-refractivity contribution in [2.45, 2.75) is 32.4 Å². The third-order valence-electron chi connectivity index (χ3n) is 3.47. The Balaban J connectivity index is 1.77. The molecular weight excluding hydrogens is 230 g/mol. The SMILES string of the molecule is Cc1nc(C2CCCN2Cc2nccn2C)no1. The Bertz CT molecular complexity index is 532. The molecule has 0 aliphatic carbocycles. The van der Waals surface area contributed by atoms with Crippen LogP contribution in [0.1, 0.15) is 36.4 Å². The van der Waals surface area contributed by atoms with E-state index < -0.39 is 0 Å². The van der Waals surface area contributed by atoms with Crippen molar-refractivity contribution in [3.63, 3.8) is 0 Å². The molecule has 96 valence electrons. The number of rotatable bonds is 3. The number of imidazole rings is 1. The van der Waals surface area contributed by atoms with Gasteiger partial charge in [0.05, 0.1) is 12.6 Å². The molecule has 6 nitrogen and oxygen atoms in total. The molecule has 6 heteroatoms. The highest BCUT2D eigenvalue weighted by molar-refractivity contribution is 5.00. The summed E-state index contributed by atoms with van der Waals surface area (Å²) in [6.07, 6.45) is 6.06. The summed E-state index contributed by atoms with van der Waals surface area (Å²) in [5.74, 6) is 2.51. The normalized spacial score (nSPS) is 20.7. The Hall–Kier alpha value is -1.69. The fourth-order valence-electron chi connectivity index (χ4n) is 2.49.